The van der Waals surface area contributed by atoms with E-state index < -0.39 is 6.09 Å². The summed E-state index contributed by atoms with van der Waals surface area (Å²) in [5.41, 5.74) is 20.0. The van der Waals surface area contributed by atoms with Crippen molar-refractivity contribution in [1.82, 2.24) is 15.5 Å². The number of ether oxygens (including phenoxy) is 2. The molecule has 4 rings (SSSR count). The number of carbonyl (C=O) groups excluding carboxylic acids is 2. The number of nitrogens with one attached hydrogen (secondary N) is 3. The molecule has 1 saturated carbocycles. The maximum atomic E-state index is 13.1. The normalized spacial score (nSPS) is 23.6. The van der Waals surface area contributed by atoms with Crippen molar-refractivity contribution in [2.24, 2.45) is 22.1 Å². The molecule has 0 bridgehead atoms. The van der Waals surface area contributed by atoms with E-state index in [0.29, 0.717) is 6.54 Å². The highest BCUT2D eigenvalue weighted by molar-refractivity contribution is 5.92. The second kappa shape index (κ2) is 16.4. The van der Waals surface area contributed by atoms with Crippen LogP contribution in [0.25, 0.3) is 20.9 Å². The SMILES string of the molecule is Cc1cc(NC(=O)C2CCC(OC3=CC(COC(=O)NCN=[N+]=[N-])CC=C3)CC2)ccc1CN1CCN[C@@H](CN=[N+]=[N-])C1. The number of anilines is 1. The Labute approximate surface area is 251 Å². The van der Waals surface area contributed by atoms with Gasteiger partial charge in [-0.2, -0.15) is 0 Å². The summed E-state index contributed by atoms with van der Waals surface area (Å²) in [6, 6.07) is 6.25. The molecule has 3 N–H and O–H groups in total. The molecule has 1 saturated heterocycles. The Morgan fingerprint density at radius 1 is 1.16 bits per heavy atom. The van der Waals surface area contributed by atoms with Crippen LogP contribution in [0.4, 0.5) is 10.5 Å². The fourth-order valence-electron chi connectivity index (χ4n) is 5.64. The molecule has 1 heterocycles. The van der Waals surface area contributed by atoms with Gasteiger partial charge in [0.2, 0.25) is 5.91 Å². The Morgan fingerprint density at radius 2 is 1.98 bits per heavy atom. The lowest BCUT2D eigenvalue weighted by Crippen LogP contribution is -2.51. The number of benzene rings is 1. The Balaban J connectivity index is 1.19. The van der Waals surface area contributed by atoms with Crippen molar-refractivity contribution < 1.29 is 19.1 Å². The van der Waals surface area contributed by atoms with E-state index in [1.165, 1.54) is 5.56 Å². The van der Waals surface area contributed by atoms with Gasteiger partial charge in [-0.25, -0.2) is 4.79 Å². The molecule has 14 heteroatoms. The molecule has 1 aromatic carbocycles. The number of azide groups is 2. The quantitative estimate of drug-likeness (QED) is 0.173. The Bertz CT molecular complexity index is 1280. The van der Waals surface area contributed by atoms with Crippen LogP contribution < -0.4 is 16.0 Å². The molecule has 2 amide bonds. The van der Waals surface area contributed by atoms with E-state index in [-0.39, 0.29) is 43.2 Å². The van der Waals surface area contributed by atoms with Gasteiger partial charge in [-0.15, -0.1) is 0 Å². The Morgan fingerprint density at radius 3 is 2.74 bits per heavy atom. The topological polar surface area (TPSA) is 189 Å². The first-order valence-electron chi connectivity index (χ1n) is 14.8. The van der Waals surface area contributed by atoms with Gasteiger partial charge in [-0.05, 0) is 85.5 Å². The van der Waals surface area contributed by atoms with E-state index in [4.69, 9.17) is 20.5 Å². The molecule has 14 nitrogen and oxygen atoms in total. The number of carbonyl (C=O) groups is 2. The van der Waals surface area contributed by atoms with E-state index in [2.05, 4.69) is 53.9 Å². The van der Waals surface area contributed by atoms with Crippen LogP contribution >= 0.6 is 0 Å². The monoisotopic (exact) mass is 592 g/mol. The minimum absolute atomic E-state index is 0.0000956. The predicted molar refractivity (Wildman–Crippen MR) is 162 cm³/mol. The van der Waals surface area contributed by atoms with Crippen LogP contribution in [0, 0.1) is 18.8 Å². The number of rotatable bonds is 12. The zero-order chi connectivity index (χ0) is 30.4. The van der Waals surface area contributed by atoms with Gasteiger partial charge in [0.15, 0.2) is 0 Å². The third-order valence-electron chi connectivity index (χ3n) is 7.96. The second-order valence-corrected chi connectivity index (χ2v) is 11.2. The van der Waals surface area contributed by atoms with Crippen LogP contribution in [0.15, 0.2) is 52.4 Å². The molecule has 43 heavy (non-hydrogen) atoms. The maximum Gasteiger partial charge on any atom is 0.407 e. The van der Waals surface area contributed by atoms with E-state index >= 15 is 0 Å². The summed E-state index contributed by atoms with van der Waals surface area (Å²) < 4.78 is 11.4. The first-order chi connectivity index (χ1) is 20.9. The maximum absolute atomic E-state index is 13.1. The summed E-state index contributed by atoms with van der Waals surface area (Å²) in [7, 11) is 0. The summed E-state index contributed by atoms with van der Waals surface area (Å²) in [6.07, 6.45) is 9.12. The molecule has 0 aromatic heterocycles. The van der Waals surface area contributed by atoms with Crippen LogP contribution in [0.1, 0.15) is 43.2 Å². The van der Waals surface area contributed by atoms with Gasteiger partial charge in [0.1, 0.15) is 5.76 Å². The van der Waals surface area contributed by atoms with E-state index in [9.17, 15) is 9.59 Å². The third kappa shape index (κ3) is 10.2. The third-order valence-corrected chi connectivity index (χ3v) is 7.96. The summed E-state index contributed by atoms with van der Waals surface area (Å²) in [6.45, 7) is 5.98. The average molecular weight is 593 g/mol. The van der Waals surface area contributed by atoms with Crippen LogP contribution in [-0.4, -0.2) is 68.5 Å². The van der Waals surface area contributed by atoms with Crippen LogP contribution in [0.5, 0.6) is 0 Å². The van der Waals surface area contributed by atoms with Gasteiger partial charge < -0.3 is 25.4 Å². The van der Waals surface area contributed by atoms with Crippen molar-refractivity contribution in [3.05, 3.63) is 74.2 Å². The van der Waals surface area contributed by atoms with Crippen molar-refractivity contribution in [1.29, 1.82) is 0 Å². The number of nitrogens with zero attached hydrogens (tertiary/aromatic N) is 7. The Hall–Kier alpha value is -4.22. The van der Waals surface area contributed by atoms with Crippen molar-refractivity contribution in [3.63, 3.8) is 0 Å². The molecule has 1 aromatic rings. The number of aryl methyl sites for hydroxylation is 1. The highest BCUT2D eigenvalue weighted by Crippen LogP contribution is 2.30. The van der Waals surface area contributed by atoms with Crippen molar-refractivity contribution in [3.8, 4) is 0 Å². The minimum atomic E-state index is -0.631. The first kappa shape index (κ1) is 31.7. The molecule has 1 unspecified atom stereocenters. The molecule has 0 radical (unpaired) electrons. The van der Waals surface area contributed by atoms with Crippen LogP contribution in [0.3, 0.4) is 0 Å². The average Bonchev–Trinajstić information content (AvgIpc) is 3.01. The van der Waals surface area contributed by atoms with Crippen molar-refractivity contribution in [2.75, 3.05) is 44.8 Å². The molecular formula is C29H40N10O4. The minimum Gasteiger partial charge on any atom is -0.491 e. The number of hydrogen-bond acceptors (Lipinski definition) is 8. The van der Waals surface area contributed by atoms with E-state index in [1.807, 2.05) is 30.4 Å². The number of allylic oxidation sites excluding steroid dienone is 2. The largest absolute Gasteiger partial charge is 0.491 e. The van der Waals surface area contributed by atoms with Gasteiger partial charge in [0.25, 0.3) is 0 Å². The molecule has 3 aliphatic rings. The van der Waals surface area contributed by atoms with Crippen LogP contribution in [0.2, 0.25) is 0 Å². The zero-order valence-corrected chi connectivity index (χ0v) is 24.5. The fourth-order valence-corrected chi connectivity index (χ4v) is 5.64. The van der Waals surface area contributed by atoms with E-state index in [1.54, 1.807) is 0 Å². The summed E-state index contributed by atoms with van der Waals surface area (Å²) in [5, 5.41) is 15.8. The molecule has 1 aliphatic heterocycles. The highest BCUT2D eigenvalue weighted by Gasteiger charge is 2.28. The predicted octanol–water partition coefficient (Wildman–Crippen LogP) is 5.05. The van der Waals surface area contributed by atoms with Crippen molar-refractivity contribution >= 4 is 17.7 Å². The first-order valence-corrected chi connectivity index (χ1v) is 14.8. The fraction of sp³-hybridized carbons (Fsp3) is 0.586. The number of amides is 2. The van der Waals surface area contributed by atoms with Gasteiger partial charge in [0, 0.05) is 66.1 Å². The molecule has 2 fully saturated rings. The van der Waals surface area contributed by atoms with Gasteiger partial charge in [-0.3, -0.25) is 9.69 Å². The lowest BCUT2D eigenvalue weighted by Gasteiger charge is -2.33. The molecule has 230 valence electrons. The lowest BCUT2D eigenvalue weighted by molar-refractivity contribution is -0.121. The number of alkyl carbamates (subject to hydrolysis) is 1. The number of hydrogen-bond donors (Lipinski definition) is 3. The molecule has 2 aliphatic carbocycles. The molecular weight excluding hydrogens is 552 g/mol. The Kier molecular flexibility index (Phi) is 12.1. The second-order valence-electron chi connectivity index (χ2n) is 11.2. The standard InChI is InChI=1S/C29H40N10O4/c1-20-13-24(8-5-23(20)16-39-12-11-32-25(17-39)15-34-37-30)36-28(40)22-6-9-26(10-7-22)43-27-4-2-3-21(14-27)18-42-29(41)33-19-35-38-31/h2,4-5,8,13-14,21-22,25-26,32H,3,6-7,9-12,15-19H2,1H3,(H,33,41)(H,36,40)/t21?,22?,25-,26?/m0/s1. The van der Waals surface area contributed by atoms with E-state index in [0.717, 1.165) is 75.3 Å². The van der Waals surface area contributed by atoms with Gasteiger partial charge in [0.05, 0.1) is 19.4 Å². The zero-order valence-electron chi connectivity index (χ0n) is 24.5. The van der Waals surface area contributed by atoms with Crippen molar-refractivity contribution in [2.45, 2.75) is 57.7 Å². The van der Waals surface area contributed by atoms with Gasteiger partial charge in [-0.1, -0.05) is 22.4 Å². The molecule has 0 spiro atoms. The smallest absolute Gasteiger partial charge is 0.407 e. The summed E-state index contributed by atoms with van der Waals surface area (Å²) >= 11 is 0. The highest BCUT2D eigenvalue weighted by atomic mass is 16.5. The molecule has 2 atom stereocenters. The summed E-state index contributed by atoms with van der Waals surface area (Å²) in [5.74, 6) is 0.737. The van der Waals surface area contributed by atoms with Gasteiger partial charge >= 0.3 is 6.09 Å². The number of piperazine rings is 1. The summed E-state index contributed by atoms with van der Waals surface area (Å²) in [4.78, 5) is 32.5. The van der Waals surface area contributed by atoms with Crippen LogP contribution in [-0.2, 0) is 20.8 Å². The lowest BCUT2D eigenvalue weighted by atomic mass is 9.86.